The van der Waals surface area contributed by atoms with Crippen molar-refractivity contribution in [3.63, 3.8) is 0 Å². The third kappa shape index (κ3) is 3.97. The summed E-state index contributed by atoms with van der Waals surface area (Å²) >= 11 is 0. The second kappa shape index (κ2) is 6.93. The molecule has 1 aromatic heterocycles. The molecule has 0 spiro atoms. The molecule has 1 saturated heterocycles. The molecule has 6 heteroatoms. The first-order chi connectivity index (χ1) is 9.99. The number of hydrogen-bond donors (Lipinski definition) is 1. The Bertz CT molecular complexity index is 461. The van der Waals surface area contributed by atoms with Gasteiger partial charge in [0.2, 0.25) is 0 Å². The number of likely N-dealkylation sites (tertiary alicyclic amines) is 1. The van der Waals surface area contributed by atoms with E-state index in [1.165, 1.54) is 12.8 Å². The Labute approximate surface area is 126 Å². The number of carbonyl (C=O) groups excluding carboxylic acids is 1. The van der Waals surface area contributed by atoms with Crippen LogP contribution in [0.1, 0.15) is 36.8 Å². The highest BCUT2D eigenvalue weighted by atomic mass is 16.5. The maximum atomic E-state index is 12.2. The van der Waals surface area contributed by atoms with E-state index in [0.29, 0.717) is 19.1 Å². The summed E-state index contributed by atoms with van der Waals surface area (Å²) in [5.74, 6) is 0.776. The van der Waals surface area contributed by atoms with Crippen molar-refractivity contribution in [1.82, 2.24) is 20.3 Å². The van der Waals surface area contributed by atoms with Crippen LogP contribution in [0.4, 0.5) is 4.79 Å². The summed E-state index contributed by atoms with van der Waals surface area (Å²) in [7, 11) is 1.79. The second-order valence-electron chi connectivity index (χ2n) is 5.94. The van der Waals surface area contributed by atoms with E-state index < -0.39 is 0 Å². The zero-order valence-electron chi connectivity index (χ0n) is 13.5. The fraction of sp³-hybridized carbons (Fsp3) is 0.733. The second-order valence-corrected chi connectivity index (χ2v) is 5.94. The Morgan fingerprint density at radius 1 is 1.43 bits per heavy atom. The average molecular weight is 294 g/mol. The van der Waals surface area contributed by atoms with Gasteiger partial charge in [-0.1, -0.05) is 5.16 Å². The van der Waals surface area contributed by atoms with E-state index >= 15 is 0 Å². The topological polar surface area (TPSA) is 61.6 Å². The molecule has 0 aromatic carbocycles. The minimum Gasteiger partial charge on any atom is -0.361 e. The van der Waals surface area contributed by atoms with Crippen molar-refractivity contribution in [2.45, 2.75) is 46.2 Å². The number of nitrogens with zero attached hydrogens (tertiary/aromatic N) is 3. The first kappa shape index (κ1) is 15.8. The minimum atomic E-state index is -0.0546. The highest BCUT2D eigenvalue weighted by Gasteiger charge is 2.20. The predicted molar refractivity (Wildman–Crippen MR) is 81.1 cm³/mol. The van der Waals surface area contributed by atoms with E-state index in [1.54, 1.807) is 11.9 Å². The van der Waals surface area contributed by atoms with Crippen molar-refractivity contribution in [2.75, 3.05) is 26.7 Å². The maximum Gasteiger partial charge on any atom is 0.317 e. The standard InChI is InChI=1S/C15H26N4O2/c1-11(19-7-5-6-8-19)9-16-15(20)18(4)10-14-12(2)17-21-13(14)3/h11H,5-10H2,1-4H3,(H,16,20)/t11-/m1/s1. The summed E-state index contributed by atoms with van der Waals surface area (Å²) in [4.78, 5) is 16.3. The average Bonchev–Trinajstić information content (AvgIpc) is 3.09. The van der Waals surface area contributed by atoms with Crippen molar-refractivity contribution in [2.24, 2.45) is 0 Å². The summed E-state index contributed by atoms with van der Waals surface area (Å²) in [6, 6.07) is 0.338. The predicted octanol–water partition coefficient (Wildman–Crippen LogP) is 1.92. The van der Waals surface area contributed by atoms with Crippen LogP contribution < -0.4 is 5.32 Å². The van der Waals surface area contributed by atoms with E-state index in [4.69, 9.17) is 4.52 Å². The molecular formula is C15H26N4O2. The Hall–Kier alpha value is -1.56. The van der Waals surface area contributed by atoms with Crippen LogP contribution in [0.2, 0.25) is 0 Å². The minimum absolute atomic E-state index is 0.0546. The highest BCUT2D eigenvalue weighted by molar-refractivity contribution is 5.73. The smallest absolute Gasteiger partial charge is 0.317 e. The fourth-order valence-electron chi connectivity index (χ4n) is 2.72. The van der Waals surface area contributed by atoms with Crippen LogP contribution in [-0.2, 0) is 6.54 Å². The van der Waals surface area contributed by atoms with Crippen molar-refractivity contribution in [3.8, 4) is 0 Å². The zero-order chi connectivity index (χ0) is 15.4. The van der Waals surface area contributed by atoms with Crippen molar-refractivity contribution in [3.05, 3.63) is 17.0 Å². The van der Waals surface area contributed by atoms with E-state index in [2.05, 4.69) is 22.3 Å². The molecule has 2 heterocycles. The third-order valence-corrected chi connectivity index (χ3v) is 4.24. The van der Waals surface area contributed by atoms with Crippen LogP contribution in [0.15, 0.2) is 4.52 Å². The maximum absolute atomic E-state index is 12.2. The van der Waals surface area contributed by atoms with E-state index in [9.17, 15) is 4.79 Å². The molecule has 1 aliphatic rings. The van der Waals surface area contributed by atoms with Gasteiger partial charge in [0.05, 0.1) is 12.2 Å². The van der Waals surface area contributed by atoms with Crippen LogP contribution in [0.5, 0.6) is 0 Å². The van der Waals surface area contributed by atoms with Gasteiger partial charge in [0, 0.05) is 25.2 Å². The molecule has 1 N–H and O–H groups in total. The number of rotatable bonds is 5. The molecule has 2 amide bonds. The molecule has 0 radical (unpaired) electrons. The van der Waals surface area contributed by atoms with Gasteiger partial charge < -0.3 is 14.7 Å². The number of nitrogens with one attached hydrogen (secondary N) is 1. The van der Waals surface area contributed by atoms with Crippen LogP contribution in [0.3, 0.4) is 0 Å². The lowest BCUT2D eigenvalue weighted by molar-refractivity contribution is 0.197. The number of aromatic nitrogens is 1. The molecule has 0 bridgehead atoms. The van der Waals surface area contributed by atoms with E-state index in [1.807, 2.05) is 13.8 Å². The molecule has 1 fully saturated rings. The Kier molecular flexibility index (Phi) is 5.22. The van der Waals surface area contributed by atoms with Gasteiger partial charge in [-0.3, -0.25) is 4.90 Å². The first-order valence-electron chi connectivity index (χ1n) is 7.63. The van der Waals surface area contributed by atoms with Gasteiger partial charge in [0.1, 0.15) is 5.76 Å². The van der Waals surface area contributed by atoms with Crippen molar-refractivity contribution < 1.29 is 9.32 Å². The van der Waals surface area contributed by atoms with Crippen LogP contribution in [0, 0.1) is 13.8 Å². The molecule has 118 valence electrons. The number of urea groups is 1. The van der Waals surface area contributed by atoms with Gasteiger partial charge in [0.15, 0.2) is 0 Å². The Morgan fingerprint density at radius 3 is 2.67 bits per heavy atom. The molecule has 0 saturated carbocycles. The van der Waals surface area contributed by atoms with E-state index in [-0.39, 0.29) is 6.03 Å². The molecule has 1 atom stereocenters. The monoisotopic (exact) mass is 294 g/mol. The van der Waals surface area contributed by atoms with Gasteiger partial charge >= 0.3 is 6.03 Å². The number of amides is 2. The van der Waals surface area contributed by atoms with Crippen LogP contribution in [-0.4, -0.2) is 53.7 Å². The highest BCUT2D eigenvalue weighted by Crippen LogP contribution is 2.14. The fourth-order valence-corrected chi connectivity index (χ4v) is 2.72. The van der Waals surface area contributed by atoms with Gasteiger partial charge in [0.25, 0.3) is 0 Å². The van der Waals surface area contributed by atoms with Crippen molar-refractivity contribution in [1.29, 1.82) is 0 Å². The van der Waals surface area contributed by atoms with Gasteiger partial charge in [-0.25, -0.2) is 4.79 Å². The van der Waals surface area contributed by atoms with Gasteiger partial charge in [-0.05, 0) is 46.7 Å². The molecule has 2 rings (SSSR count). The molecule has 1 aliphatic heterocycles. The lowest BCUT2D eigenvalue weighted by atomic mass is 10.2. The number of aryl methyl sites for hydroxylation is 2. The summed E-state index contributed by atoms with van der Waals surface area (Å²) in [6.07, 6.45) is 2.54. The van der Waals surface area contributed by atoms with Crippen LogP contribution in [0.25, 0.3) is 0 Å². The summed E-state index contributed by atoms with van der Waals surface area (Å²) < 4.78 is 5.13. The zero-order valence-corrected chi connectivity index (χ0v) is 13.5. The lowest BCUT2D eigenvalue weighted by Crippen LogP contribution is -2.44. The molecular weight excluding hydrogens is 268 g/mol. The van der Waals surface area contributed by atoms with Crippen molar-refractivity contribution >= 4 is 6.03 Å². The largest absolute Gasteiger partial charge is 0.361 e. The molecule has 0 unspecified atom stereocenters. The van der Waals surface area contributed by atoms with Gasteiger partial charge in [-0.15, -0.1) is 0 Å². The molecule has 0 aliphatic carbocycles. The third-order valence-electron chi connectivity index (χ3n) is 4.24. The SMILES string of the molecule is Cc1noc(C)c1CN(C)C(=O)NC[C@@H](C)N1CCCC1. The number of hydrogen-bond acceptors (Lipinski definition) is 4. The molecule has 1 aromatic rings. The van der Waals surface area contributed by atoms with E-state index in [0.717, 1.165) is 30.1 Å². The molecule has 21 heavy (non-hydrogen) atoms. The normalized spacial score (nSPS) is 17.0. The van der Waals surface area contributed by atoms with Crippen LogP contribution >= 0.6 is 0 Å². The number of carbonyl (C=O) groups is 1. The summed E-state index contributed by atoms with van der Waals surface area (Å²) in [5, 5.41) is 6.92. The molecule has 6 nitrogen and oxygen atoms in total. The first-order valence-corrected chi connectivity index (χ1v) is 7.63. The Morgan fingerprint density at radius 2 is 2.10 bits per heavy atom. The quantitative estimate of drug-likeness (QED) is 0.901. The summed E-state index contributed by atoms with van der Waals surface area (Å²) in [5.41, 5.74) is 1.83. The lowest BCUT2D eigenvalue weighted by Gasteiger charge is -2.25. The Balaban J connectivity index is 1.79. The van der Waals surface area contributed by atoms with Gasteiger partial charge in [-0.2, -0.15) is 0 Å². The summed E-state index contributed by atoms with van der Waals surface area (Å²) in [6.45, 7) is 9.43.